The maximum Gasteiger partial charge on any atom is 0.573 e. The minimum atomic E-state index is -4.66. The number of unbranched alkanes of at least 4 members (excludes halogenated alkanes) is 4. The Kier molecular flexibility index (Phi) is 8.24. The van der Waals surface area contributed by atoms with Gasteiger partial charge in [0.05, 0.1) is 0 Å². The van der Waals surface area contributed by atoms with Crippen LogP contribution in [0.2, 0.25) is 0 Å². The van der Waals surface area contributed by atoms with Gasteiger partial charge in [0.1, 0.15) is 5.75 Å². The van der Waals surface area contributed by atoms with E-state index in [1.807, 2.05) is 0 Å². The lowest BCUT2D eigenvalue weighted by molar-refractivity contribution is -0.274. The van der Waals surface area contributed by atoms with Crippen LogP contribution >= 0.6 is 0 Å². The standard InChI is InChI=1S/C26H33F3O/c1-2-3-4-5-6-7-20-8-10-21(11-9-20)22-12-14-23(15-13-22)24-16-18-25(19-17-24)30-26(27,28)29/h12-21H,2-11H2,1H3. The van der Waals surface area contributed by atoms with Crippen LogP contribution in [-0.4, -0.2) is 6.36 Å². The SMILES string of the molecule is CCCCCCCC1CCC(c2ccc(-c3ccc(OC(F)(F)F)cc3)cc2)CC1. The van der Waals surface area contributed by atoms with E-state index in [4.69, 9.17) is 0 Å². The van der Waals surface area contributed by atoms with Gasteiger partial charge in [0.25, 0.3) is 0 Å². The van der Waals surface area contributed by atoms with Gasteiger partial charge in [-0.25, -0.2) is 0 Å². The Morgan fingerprint density at radius 1 is 0.767 bits per heavy atom. The number of hydrogen-bond donors (Lipinski definition) is 0. The third kappa shape index (κ3) is 7.07. The van der Waals surface area contributed by atoms with E-state index in [0.717, 1.165) is 17.0 Å². The fraction of sp³-hybridized carbons (Fsp3) is 0.538. The van der Waals surface area contributed by atoms with E-state index in [2.05, 4.69) is 35.9 Å². The number of hydrogen-bond acceptors (Lipinski definition) is 1. The fourth-order valence-corrected chi connectivity index (χ4v) is 4.62. The van der Waals surface area contributed by atoms with E-state index in [9.17, 15) is 13.2 Å². The maximum absolute atomic E-state index is 12.3. The third-order valence-electron chi connectivity index (χ3n) is 6.37. The Labute approximate surface area is 178 Å². The van der Waals surface area contributed by atoms with Crippen molar-refractivity contribution in [3.05, 3.63) is 54.1 Å². The molecule has 1 fully saturated rings. The molecule has 1 aliphatic carbocycles. The zero-order valence-electron chi connectivity index (χ0n) is 17.9. The maximum atomic E-state index is 12.3. The number of halogens is 3. The summed E-state index contributed by atoms with van der Waals surface area (Å²) in [6.45, 7) is 2.26. The zero-order valence-corrected chi connectivity index (χ0v) is 17.9. The van der Waals surface area contributed by atoms with Crippen LogP contribution in [0.15, 0.2) is 48.5 Å². The van der Waals surface area contributed by atoms with Gasteiger partial charge in [0, 0.05) is 0 Å². The molecule has 0 bridgehead atoms. The molecule has 0 spiro atoms. The van der Waals surface area contributed by atoms with Crippen LogP contribution in [0.5, 0.6) is 5.75 Å². The molecule has 4 heteroatoms. The van der Waals surface area contributed by atoms with Crippen molar-refractivity contribution in [3.8, 4) is 16.9 Å². The highest BCUT2D eigenvalue weighted by molar-refractivity contribution is 5.64. The van der Waals surface area contributed by atoms with Crippen molar-refractivity contribution >= 4 is 0 Å². The van der Waals surface area contributed by atoms with Crippen molar-refractivity contribution < 1.29 is 17.9 Å². The van der Waals surface area contributed by atoms with Crippen LogP contribution in [0.1, 0.15) is 82.6 Å². The molecule has 0 amide bonds. The minimum Gasteiger partial charge on any atom is -0.406 e. The van der Waals surface area contributed by atoms with Crippen LogP contribution in [-0.2, 0) is 0 Å². The van der Waals surface area contributed by atoms with E-state index >= 15 is 0 Å². The summed E-state index contributed by atoms with van der Waals surface area (Å²) in [5.74, 6) is 1.35. The summed E-state index contributed by atoms with van der Waals surface area (Å²) >= 11 is 0. The quantitative estimate of drug-likeness (QED) is 0.369. The smallest absolute Gasteiger partial charge is 0.406 e. The van der Waals surface area contributed by atoms with Crippen molar-refractivity contribution in [2.24, 2.45) is 5.92 Å². The van der Waals surface area contributed by atoms with Gasteiger partial charge in [-0.3, -0.25) is 0 Å². The zero-order chi connectivity index (χ0) is 21.4. The number of benzene rings is 2. The van der Waals surface area contributed by atoms with Crippen molar-refractivity contribution in [3.63, 3.8) is 0 Å². The van der Waals surface area contributed by atoms with E-state index in [1.165, 1.54) is 81.9 Å². The van der Waals surface area contributed by atoms with Crippen LogP contribution in [0, 0.1) is 5.92 Å². The summed E-state index contributed by atoms with van der Waals surface area (Å²) in [5, 5.41) is 0. The van der Waals surface area contributed by atoms with Gasteiger partial charge in [-0.1, -0.05) is 81.8 Å². The van der Waals surface area contributed by atoms with Crippen LogP contribution in [0.25, 0.3) is 11.1 Å². The van der Waals surface area contributed by atoms with Crippen molar-refractivity contribution in [1.29, 1.82) is 0 Å². The van der Waals surface area contributed by atoms with Crippen LogP contribution < -0.4 is 4.74 Å². The second-order valence-electron chi connectivity index (χ2n) is 8.61. The first-order valence-corrected chi connectivity index (χ1v) is 11.4. The summed E-state index contributed by atoms with van der Waals surface area (Å²) in [5.41, 5.74) is 3.29. The predicted octanol–water partition coefficient (Wildman–Crippen LogP) is 8.89. The lowest BCUT2D eigenvalue weighted by Crippen LogP contribution is -2.16. The Balaban J connectivity index is 1.48. The summed E-state index contributed by atoms with van der Waals surface area (Å²) in [6, 6.07) is 14.6. The first-order chi connectivity index (χ1) is 14.4. The number of ether oxygens (including phenoxy) is 1. The minimum absolute atomic E-state index is 0.190. The van der Waals surface area contributed by atoms with Crippen molar-refractivity contribution in [1.82, 2.24) is 0 Å². The molecule has 2 aromatic carbocycles. The molecular formula is C26H33F3O. The molecule has 30 heavy (non-hydrogen) atoms. The molecular weight excluding hydrogens is 385 g/mol. The Bertz CT molecular complexity index is 741. The summed E-state index contributed by atoms with van der Waals surface area (Å²) in [4.78, 5) is 0. The average Bonchev–Trinajstić information content (AvgIpc) is 2.74. The molecule has 0 radical (unpaired) electrons. The first kappa shape index (κ1) is 22.7. The van der Waals surface area contributed by atoms with Crippen LogP contribution in [0.4, 0.5) is 13.2 Å². The monoisotopic (exact) mass is 418 g/mol. The summed E-state index contributed by atoms with van der Waals surface area (Å²) in [6.07, 6.45) is 8.77. The largest absolute Gasteiger partial charge is 0.573 e. The molecule has 1 saturated carbocycles. The van der Waals surface area contributed by atoms with Gasteiger partial charge >= 0.3 is 6.36 Å². The molecule has 0 N–H and O–H groups in total. The molecule has 1 aliphatic rings. The molecule has 0 aromatic heterocycles. The third-order valence-corrected chi connectivity index (χ3v) is 6.37. The summed E-state index contributed by atoms with van der Waals surface area (Å²) < 4.78 is 40.8. The van der Waals surface area contributed by atoms with Gasteiger partial charge in [0.2, 0.25) is 0 Å². The van der Waals surface area contributed by atoms with Crippen molar-refractivity contribution in [2.45, 2.75) is 83.4 Å². The van der Waals surface area contributed by atoms with Crippen molar-refractivity contribution in [2.75, 3.05) is 0 Å². The fourth-order valence-electron chi connectivity index (χ4n) is 4.62. The Hall–Kier alpha value is -1.97. The average molecular weight is 419 g/mol. The Morgan fingerprint density at radius 2 is 1.33 bits per heavy atom. The lowest BCUT2D eigenvalue weighted by atomic mass is 9.77. The van der Waals surface area contributed by atoms with E-state index < -0.39 is 6.36 Å². The first-order valence-electron chi connectivity index (χ1n) is 11.4. The molecule has 3 rings (SSSR count). The molecule has 2 aromatic rings. The topological polar surface area (TPSA) is 9.23 Å². The lowest BCUT2D eigenvalue weighted by Gasteiger charge is -2.29. The van der Waals surface area contributed by atoms with E-state index in [0.29, 0.717) is 5.92 Å². The summed E-state index contributed by atoms with van der Waals surface area (Å²) in [7, 11) is 0. The molecule has 0 aliphatic heterocycles. The Morgan fingerprint density at radius 3 is 1.90 bits per heavy atom. The number of rotatable bonds is 9. The van der Waals surface area contributed by atoms with Gasteiger partial charge in [-0.15, -0.1) is 13.2 Å². The highest BCUT2D eigenvalue weighted by Crippen LogP contribution is 2.38. The number of alkyl halides is 3. The van der Waals surface area contributed by atoms with Gasteiger partial charge in [-0.05, 0) is 66.3 Å². The van der Waals surface area contributed by atoms with E-state index in [1.54, 1.807) is 12.1 Å². The van der Waals surface area contributed by atoms with Gasteiger partial charge < -0.3 is 4.74 Å². The van der Waals surface area contributed by atoms with Gasteiger partial charge in [0.15, 0.2) is 0 Å². The molecule has 0 saturated heterocycles. The second kappa shape index (κ2) is 10.9. The molecule has 0 heterocycles. The molecule has 0 unspecified atom stereocenters. The highest BCUT2D eigenvalue weighted by atomic mass is 19.4. The normalized spacial score (nSPS) is 19.6. The molecule has 1 nitrogen and oxygen atoms in total. The van der Waals surface area contributed by atoms with Gasteiger partial charge in [-0.2, -0.15) is 0 Å². The highest BCUT2D eigenvalue weighted by Gasteiger charge is 2.31. The van der Waals surface area contributed by atoms with Crippen LogP contribution in [0.3, 0.4) is 0 Å². The predicted molar refractivity (Wildman–Crippen MR) is 117 cm³/mol. The second-order valence-corrected chi connectivity index (χ2v) is 8.61. The van der Waals surface area contributed by atoms with E-state index in [-0.39, 0.29) is 5.75 Å². The molecule has 164 valence electrons. The molecule has 0 atom stereocenters.